The summed E-state index contributed by atoms with van der Waals surface area (Å²) in [7, 11) is 1.63. The number of halogens is 2. The lowest BCUT2D eigenvalue weighted by atomic mass is 10.1. The van der Waals surface area contributed by atoms with Crippen LogP contribution in [-0.2, 0) is 11.3 Å². The molecular weight excluding hydrogens is 349 g/mol. The Kier molecular flexibility index (Phi) is 6.06. The fraction of sp³-hybridized carbons (Fsp3) is 0.235. The first kappa shape index (κ1) is 18.8. The SMILES string of the molecule is Cc1cccc([N+](=O)[O-])c1NC(=O)CN(C)Cc1c(F)cccc1Cl. The zero-order valence-electron chi connectivity index (χ0n) is 13.8. The molecule has 2 aromatic rings. The van der Waals surface area contributed by atoms with E-state index in [9.17, 15) is 19.3 Å². The van der Waals surface area contributed by atoms with E-state index in [4.69, 9.17) is 11.6 Å². The molecule has 0 bridgehead atoms. The summed E-state index contributed by atoms with van der Waals surface area (Å²) >= 11 is 5.97. The van der Waals surface area contributed by atoms with Crippen molar-refractivity contribution in [3.8, 4) is 0 Å². The summed E-state index contributed by atoms with van der Waals surface area (Å²) in [5.41, 5.74) is 0.867. The number of carbonyl (C=O) groups is 1. The summed E-state index contributed by atoms with van der Waals surface area (Å²) < 4.78 is 13.8. The summed E-state index contributed by atoms with van der Waals surface area (Å²) in [5, 5.41) is 13.9. The molecule has 0 aliphatic heterocycles. The van der Waals surface area contributed by atoms with Gasteiger partial charge < -0.3 is 5.32 Å². The number of amides is 1. The molecule has 1 amide bonds. The third kappa shape index (κ3) is 4.74. The highest BCUT2D eigenvalue weighted by molar-refractivity contribution is 6.31. The molecule has 0 saturated carbocycles. The van der Waals surface area contributed by atoms with Crippen molar-refractivity contribution in [2.45, 2.75) is 13.5 Å². The maximum absolute atomic E-state index is 13.8. The second-order valence-electron chi connectivity index (χ2n) is 5.65. The summed E-state index contributed by atoms with van der Waals surface area (Å²) in [6.45, 7) is 1.73. The topological polar surface area (TPSA) is 75.5 Å². The van der Waals surface area contributed by atoms with Crippen LogP contribution in [0.1, 0.15) is 11.1 Å². The van der Waals surface area contributed by atoms with Crippen LogP contribution in [0.5, 0.6) is 0 Å². The van der Waals surface area contributed by atoms with Crippen molar-refractivity contribution in [3.63, 3.8) is 0 Å². The van der Waals surface area contributed by atoms with Gasteiger partial charge in [0.1, 0.15) is 11.5 Å². The zero-order valence-corrected chi connectivity index (χ0v) is 14.5. The number of hydrogen-bond donors (Lipinski definition) is 1. The molecule has 6 nitrogen and oxygen atoms in total. The number of carbonyl (C=O) groups excluding carboxylic acids is 1. The Morgan fingerprint density at radius 1 is 1.32 bits per heavy atom. The third-order valence-electron chi connectivity index (χ3n) is 3.62. The van der Waals surface area contributed by atoms with Gasteiger partial charge in [0.15, 0.2) is 0 Å². The van der Waals surface area contributed by atoms with Crippen molar-refractivity contribution < 1.29 is 14.1 Å². The van der Waals surface area contributed by atoms with Crippen LogP contribution in [0, 0.1) is 22.9 Å². The molecule has 2 rings (SSSR count). The highest BCUT2D eigenvalue weighted by Crippen LogP contribution is 2.27. The van der Waals surface area contributed by atoms with Crippen molar-refractivity contribution >= 4 is 28.9 Å². The van der Waals surface area contributed by atoms with Crippen LogP contribution < -0.4 is 5.32 Å². The first-order valence-corrected chi connectivity index (χ1v) is 7.82. The number of nitrogens with zero attached hydrogens (tertiary/aromatic N) is 2. The number of para-hydroxylation sites is 1. The van der Waals surface area contributed by atoms with Gasteiger partial charge in [-0.2, -0.15) is 0 Å². The maximum Gasteiger partial charge on any atom is 0.293 e. The van der Waals surface area contributed by atoms with Crippen LogP contribution in [0.15, 0.2) is 36.4 Å². The van der Waals surface area contributed by atoms with Gasteiger partial charge in [0.05, 0.1) is 11.5 Å². The van der Waals surface area contributed by atoms with Gasteiger partial charge in [-0.05, 0) is 31.7 Å². The van der Waals surface area contributed by atoms with E-state index in [1.807, 2.05) is 0 Å². The smallest absolute Gasteiger partial charge is 0.293 e. The van der Waals surface area contributed by atoms with Gasteiger partial charge in [0.2, 0.25) is 5.91 Å². The van der Waals surface area contributed by atoms with E-state index in [2.05, 4.69) is 5.32 Å². The predicted molar refractivity (Wildman–Crippen MR) is 94.2 cm³/mol. The average Bonchev–Trinajstić information content (AvgIpc) is 2.52. The first-order chi connectivity index (χ1) is 11.8. The number of nitro groups is 1. The van der Waals surface area contributed by atoms with E-state index in [1.165, 1.54) is 18.2 Å². The fourth-order valence-corrected chi connectivity index (χ4v) is 2.62. The fourth-order valence-electron chi connectivity index (χ4n) is 2.40. The number of likely N-dealkylation sites (N-methyl/N-ethyl adjacent to an activating group) is 1. The molecular formula is C17H17ClFN3O3. The zero-order chi connectivity index (χ0) is 18.6. The molecule has 0 aliphatic carbocycles. The van der Waals surface area contributed by atoms with Crippen LogP contribution in [0.3, 0.4) is 0 Å². The molecule has 0 saturated heterocycles. The number of hydrogen-bond acceptors (Lipinski definition) is 4. The third-order valence-corrected chi connectivity index (χ3v) is 3.97. The van der Waals surface area contributed by atoms with Crippen LogP contribution in [-0.4, -0.2) is 29.3 Å². The van der Waals surface area contributed by atoms with Crippen molar-refractivity contribution in [1.29, 1.82) is 0 Å². The Morgan fingerprint density at radius 3 is 2.64 bits per heavy atom. The van der Waals surface area contributed by atoms with Crippen molar-refractivity contribution in [1.82, 2.24) is 4.90 Å². The van der Waals surface area contributed by atoms with E-state index < -0.39 is 16.6 Å². The van der Waals surface area contributed by atoms with Crippen LogP contribution in [0.4, 0.5) is 15.8 Å². The molecule has 0 aromatic heterocycles. The average molecular weight is 366 g/mol. The van der Waals surface area contributed by atoms with Gasteiger partial charge in [-0.15, -0.1) is 0 Å². The molecule has 0 unspecified atom stereocenters. The Morgan fingerprint density at radius 2 is 2.00 bits per heavy atom. The Labute approximate surface area is 149 Å². The quantitative estimate of drug-likeness (QED) is 0.624. The van der Waals surface area contributed by atoms with Gasteiger partial charge in [0.25, 0.3) is 5.69 Å². The summed E-state index contributed by atoms with van der Waals surface area (Å²) in [4.78, 5) is 24.3. The summed E-state index contributed by atoms with van der Waals surface area (Å²) in [5.74, 6) is -0.887. The Hall–Kier alpha value is -2.51. The maximum atomic E-state index is 13.8. The van der Waals surface area contributed by atoms with E-state index in [1.54, 1.807) is 37.1 Å². The number of nitrogens with one attached hydrogen (secondary N) is 1. The van der Waals surface area contributed by atoms with Gasteiger partial charge in [0, 0.05) is 23.2 Å². The second-order valence-corrected chi connectivity index (χ2v) is 6.05. The Bertz CT molecular complexity index is 793. The minimum atomic E-state index is -0.550. The van der Waals surface area contributed by atoms with E-state index in [0.29, 0.717) is 11.1 Å². The molecule has 25 heavy (non-hydrogen) atoms. The van der Waals surface area contributed by atoms with Gasteiger partial charge >= 0.3 is 0 Å². The van der Waals surface area contributed by atoms with Gasteiger partial charge in [-0.1, -0.05) is 29.8 Å². The molecule has 0 heterocycles. The Balaban J connectivity index is 2.07. The molecule has 1 N–H and O–H groups in total. The van der Waals surface area contributed by atoms with Crippen molar-refractivity contribution in [3.05, 3.63) is 68.5 Å². The number of anilines is 1. The molecule has 132 valence electrons. The van der Waals surface area contributed by atoms with Gasteiger partial charge in [-0.3, -0.25) is 19.8 Å². The lowest BCUT2D eigenvalue weighted by molar-refractivity contribution is -0.384. The molecule has 0 fully saturated rings. The molecule has 0 spiro atoms. The van der Waals surface area contributed by atoms with E-state index in [0.717, 1.165) is 0 Å². The lowest BCUT2D eigenvalue weighted by Gasteiger charge is -2.18. The van der Waals surface area contributed by atoms with Crippen molar-refractivity contribution in [2.24, 2.45) is 0 Å². The van der Waals surface area contributed by atoms with Crippen LogP contribution in [0.2, 0.25) is 5.02 Å². The van der Waals surface area contributed by atoms with Crippen LogP contribution in [0.25, 0.3) is 0 Å². The summed E-state index contributed by atoms with van der Waals surface area (Å²) in [6.07, 6.45) is 0. The normalized spacial score (nSPS) is 10.8. The van der Waals surface area contributed by atoms with Gasteiger partial charge in [-0.25, -0.2) is 4.39 Å². The molecule has 8 heteroatoms. The first-order valence-electron chi connectivity index (χ1n) is 7.45. The predicted octanol–water partition coefficient (Wildman–Crippen LogP) is 3.77. The lowest BCUT2D eigenvalue weighted by Crippen LogP contribution is -2.30. The standard InChI is InChI=1S/C17H17ClFN3O3/c1-11-5-3-8-15(22(24)25)17(11)20-16(23)10-21(2)9-12-13(18)6-4-7-14(12)19/h3-8H,9-10H2,1-2H3,(H,20,23). The molecule has 0 aliphatic rings. The summed E-state index contributed by atoms with van der Waals surface area (Å²) in [6, 6.07) is 8.92. The van der Waals surface area contributed by atoms with Crippen molar-refractivity contribution in [2.75, 3.05) is 18.9 Å². The molecule has 0 radical (unpaired) electrons. The van der Waals surface area contributed by atoms with Crippen LogP contribution >= 0.6 is 11.6 Å². The number of nitro benzene ring substituents is 1. The molecule has 0 atom stereocenters. The number of benzene rings is 2. The van der Waals surface area contributed by atoms with E-state index >= 15 is 0 Å². The largest absolute Gasteiger partial charge is 0.319 e. The monoisotopic (exact) mass is 365 g/mol. The number of aryl methyl sites for hydroxylation is 1. The second kappa shape index (κ2) is 8.04. The number of rotatable bonds is 6. The minimum absolute atomic E-state index is 0.0733. The minimum Gasteiger partial charge on any atom is -0.319 e. The highest BCUT2D eigenvalue weighted by Gasteiger charge is 2.19. The highest BCUT2D eigenvalue weighted by atomic mass is 35.5. The molecule has 2 aromatic carbocycles. The van der Waals surface area contributed by atoms with E-state index in [-0.39, 0.29) is 29.5 Å².